The normalized spacial score (nSPS) is 25.2. The highest BCUT2D eigenvalue weighted by Gasteiger charge is 2.49. The third-order valence-electron chi connectivity index (χ3n) is 3.67. The van der Waals surface area contributed by atoms with Gasteiger partial charge in [0.15, 0.2) is 0 Å². The molecule has 1 aromatic heterocycles. The van der Waals surface area contributed by atoms with Crippen LogP contribution in [-0.2, 0) is 13.5 Å². The van der Waals surface area contributed by atoms with Crippen molar-refractivity contribution in [2.45, 2.75) is 39.2 Å². The summed E-state index contributed by atoms with van der Waals surface area (Å²) in [6.45, 7) is 4.45. The zero-order chi connectivity index (χ0) is 11.1. The topological polar surface area (TPSA) is 38.0 Å². The van der Waals surface area contributed by atoms with E-state index in [1.165, 1.54) is 12.1 Å². The molecule has 2 atom stereocenters. The van der Waals surface area contributed by atoms with Gasteiger partial charge in [0.05, 0.1) is 6.10 Å². The van der Waals surface area contributed by atoms with Gasteiger partial charge in [0.1, 0.15) is 0 Å². The van der Waals surface area contributed by atoms with Gasteiger partial charge in [0.25, 0.3) is 0 Å². The summed E-state index contributed by atoms with van der Waals surface area (Å²) in [5.74, 6) is 0.505. The van der Waals surface area contributed by atoms with Crippen molar-refractivity contribution >= 4 is 0 Å². The first-order chi connectivity index (χ1) is 7.00. The summed E-state index contributed by atoms with van der Waals surface area (Å²) in [6.07, 6.45) is 4.61. The number of aryl methyl sites for hydroxylation is 2. The van der Waals surface area contributed by atoms with Crippen LogP contribution in [0.4, 0.5) is 0 Å². The van der Waals surface area contributed by atoms with E-state index in [1.54, 1.807) is 0 Å². The molecule has 1 N–H and O–H groups in total. The Morgan fingerprint density at radius 3 is 2.80 bits per heavy atom. The molecule has 1 heterocycles. The molecule has 0 amide bonds. The standard InChI is InChI=1S/C12H20N2O/c1-12(2)8-10(12)11(15)5-4-9-6-7-13-14(9)3/h6-7,10-11,15H,4-5,8H2,1-3H3. The minimum atomic E-state index is -0.144. The zero-order valence-electron chi connectivity index (χ0n) is 9.77. The van der Waals surface area contributed by atoms with E-state index in [0.717, 1.165) is 12.8 Å². The van der Waals surface area contributed by atoms with Crippen LogP contribution in [-0.4, -0.2) is 21.0 Å². The smallest absolute Gasteiger partial charge is 0.0577 e. The van der Waals surface area contributed by atoms with Gasteiger partial charge in [-0.15, -0.1) is 0 Å². The molecule has 0 bridgehead atoms. The lowest BCUT2D eigenvalue weighted by Gasteiger charge is -2.12. The first-order valence-electron chi connectivity index (χ1n) is 5.65. The van der Waals surface area contributed by atoms with E-state index in [1.807, 2.05) is 24.0 Å². The first-order valence-corrected chi connectivity index (χ1v) is 5.65. The molecule has 1 saturated carbocycles. The summed E-state index contributed by atoms with van der Waals surface area (Å²) in [7, 11) is 1.95. The third-order valence-corrected chi connectivity index (χ3v) is 3.67. The van der Waals surface area contributed by atoms with Crippen molar-refractivity contribution in [2.24, 2.45) is 18.4 Å². The minimum absolute atomic E-state index is 0.144. The molecule has 84 valence electrons. The van der Waals surface area contributed by atoms with Gasteiger partial charge >= 0.3 is 0 Å². The van der Waals surface area contributed by atoms with Crippen molar-refractivity contribution in [1.29, 1.82) is 0 Å². The third kappa shape index (κ3) is 2.23. The van der Waals surface area contributed by atoms with E-state index >= 15 is 0 Å². The number of hydrogen-bond acceptors (Lipinski definition) is 2. The highest BCUT2D eigenvalue weighted by atomic mass is 16.3. The van der Waals surface area contributed by atoms with Gasteiger partial charge in [-0.2, -0.15) is 5.10 Å². The Labute approximate surface area is 91.1 Å². The SMILES string of the molecule is Cn1nccc1CCC(O)C1CC1(C)C. The number of aliphatic hydroxyl groups excluding tert-OH is 1. The molecule has 3 heteroatoms. The Morgan fingerprint density at radius 1 is 1.67 bits per heavy atom. The summed E-state index contributed by atoms with van der Waals surface area (Å²) < 4.78 is 1.88. The van der Waals surface area contributed by atoms with E-state index < -0.39 is 0 Å². The molecule has 0 radical (unpaired) electrons. The Kier molecular flexibility index (Phi) is 2.59. The second kappa shape index (κ2) is 3.63. The minimum Gasteiger partial charge on any atom is -0.393 e. The Balaban J connectivity index is 1.82. The second-order valence-electron chi connectivity index (χ2n) is 5.35. The van der Waals surface area contributed by atoms with E-state index in [0.29, 0.717) is 11.3 Å². The molecule has 0 aromatic carbocycles. The maximum Gasteiger partial charge on any atom is 0.0577 e. The molecule has 1 aromatic rings. The summed E-state index contributed by atoms with van der Waals surface area (Å²) >= 11 is 0. The molecule has 0 saturated heterocycles. The molecular weight excluding hydrogens is 188 g/mol. The number of rotatable bonds is 4. The van der Waals surface area contributed by atoms with Crippen LogP contribution in [0.2, 0.25) is 0 Å². The quantitative estimate of drug-likeness (QED) is 0.818. The van der Waals surface area contributed by atoms with E-state index in [-0.39, 0.29) is 6.10 Å². The predicted molar refractivity (Wildman–Crippen MR) is 59.4 cm³/mol. The lowest BCUT2D eigenvalue weighted by Crippen LogP contribution is -2.15. The van der Waals surface area contributed by atoms with Crippen molar-refractivity contribution in [3.8, 4) is 0 Å². The van der Waals surface area contributed by atoms with Gasteiger partial charge < -0.3 is 5.11 Å². The Bertz CT molecular complexity index is 343. The van der Waals surface area contributed by atoms with Crippen LogP contribution < -0.4 is 0 Å². The fraction of sp³-hybridized carbons (Fsp3) is 0.750. The van der Waals surface area contributed by atoms with Crippen LogP contribution in [0.25, 0.3) is 0 Å². The number of aromatic nitrogens is 2. The van der Waals surface area contributed by atoms with E-state index in [4.69, 9.17) is 0 Å². The lowest BCUT2D eigenvalue weighted by molar-refractivity contribution is 0.127. The summed E-state index contributed by atoms with van der Waals surface area (Å²) in [5.41, 5.74) is 1.57. The highest BCUT2D eigenvalue weighted by molar-refractivity contribution is 5.03. The molecule has 15 heavy (non-hydrogen) atoms. The fourth-order valence-electron chi connectivity index (χ4n) is 2.31. The van der Waals surface area contributed by atoms with Crippen LogP contribution in [0.3, 0.4) is 0 Å². The molecule has 0 aliphatic heterocycles. The van der Waals surface area contributed by atoms with Crippen LogP contribution >= 0.6 is 0 Å². The maximum atomic E-state index is 9.98. The van der Waals surface area contributed by atoms with Crippen molar-refractivity contribution in [2.75, 3.05) is 0 Å². The van der Waals surface area contributed by atoms with Crippen molar-refractivity contribution < 1.29 is 5.11 Å². The van der Waals surface area contributed by atoms with E-state index in [2.05, 4.69) is 18.9 Å². The molecule has 0 spiro atoms. The van der Waals surface area contributed by atoms with Crippen LogP contribution in [0.15, 0.2) is 12.3 Å². The van der Waals surface area contributed by atoms with Gasteiger partial charge in [-0.1, -0.05) is 13.8 Å². The average molecular weight is 208 g/mol. The molecule has 3 nitrogen and oxygen atoms in total. The van der Waals surface area contributed by atoms with Gasteiger partial charge in [-0.25, -0.2) is 0 Å². The van der Waals surface area contributed by atoms with Gasteiger partial charge in [-0.05, 0) is 36.7 Å². The van der Waals surface area contributed by atoms with Gasteiger partial charge in [0, 0.05) is 18.9 Å². The number of aliphatic hydroxyl groups is 1. The first kappa shape index (κ1) is 10.7. The van der Waals surface area contributed by atoms with Crippen molar-refractivity contribution in [3.63, 3.8) is 0 Å². The molecular formula is C12H20N2O. The molecule has 1 fully saturated rings. The monoisotopic (exact) mass is 208 g/mol. The summed E-state index contributed by atoms with van der Waals surface area (Å²) in [4.78, 5) is 0. The maximum absolute atomic E-state index is 9.98. The highest BCUT2D eigenvalue weighted by Crippen LogP contribution is 2.54. The molecule has 1 aliphatic rings. The molecule has 2 unspecified atom stereocenters. The lowest BCUT2D eigenvalue weighted by atomic mass is 10.0. The largest absolute Gasteiger partial charge is 0.393 e. The Morgan fingerprint density at radius 2 is 2.33 bits per heavy atom. The van der Waals surface area contributed by atoms with E-state index in [9.17, 15) is 5.11 Å². The summed E-state index contributed by atoms with van der Waals surface area (Å²) in [6, 6.07) is 2.02. The van der Waals surface area contributed by atoms with Crippen LogP contribution in [0.5, 0.6) is 0 Å². The summed E-state index contributed by atoms with van der Waals surface area (Å²) in [5, 5.41) is 14.1. The van der Waals surface area contributed by atoms with Crippen LogP contribution in [0, 0.1) is 11.3 Å². The predicted octanol–water partition coefficient (Wildman–Crippen LogP) is 1.76. The zero-order valence-corrected chi connectivity index (χ0v) is 9.77. The van der Waals surface area contributed by atoms with Gasteiger partial charge in [0.2, 0.25) is 0 Å². The molecule has 2 rings (SSSR count). The second-order valence-corrected chi connectivity index (χ2v) is 5.35. The number of nitrogens with zero attached hydrogens (tertiary/aromatic N) is 2. The van der Waals surface area contributed by atoms with Crippen molar-refractivity contribution in [3.05, 3.63) is 18.0 Å². The van der Waals surface area contributed by atoms with Crippen LogP contribution in [0.1, 0.15) is 32.4 Å². The number of hydrogen-bond donors (Lipinski definition) is 1. The van der Waals surface area contributed by atoms with Gasteiger partial charge in [-0.3, -0.25) is 4.68 Å². The molecule has 1 aliphatic carbocycles. The Hall–Kier alpha value is -0.830. The fourth-order valence-corrected chi connectivity index (χ4v) is 2.31. The van der Waals surface area contributed by atoms with Crippen molar-refractivity contribution in [1.82, 2.24) is 9.78 Å². The average Bonchev–Trinajstić information content (AvgIpc) is 2.61.